The van der Waals surface area contributed by atoms with Crippen molar-refractivity contribution >= 4 is 6.16 Å². The summed E-state index contributed by atoms with van der Waals surface area (Å²) in [5.74, 6) is 1.03. The van der Waals surface area contributed by atoms with E-state index < -0.39 is 6.16 Å². The van der Waals surface area contributed by atoms with Crippen LogP contribution in [0.25, 0.3) is 11.1 Å². The van der Waals surface area contributed by atoms with Crippen LogP contribution in [0.4, 0.5) is 4.79 Å². The van der Waals surface area contributed by atoms with Gasteiger partial charge in [-0.1, -0.05) is 48.5 Å². The second kappa shape index (κ2) is 6.52. The number of quaternary nitrogens is 1. The Balaban J connectivity index is 1.47. The molecule has 3 heterocycles. The molecule has 1 atom stereocenters. The second-order valence-corrected chi connectivity index (χ2v) is 7.46. The molecule has 0 N–H and O–H groups in total. The minimum atomic E-state index is -0.589. The molecule has 3 aliphatic rings. The number of carbonyl (C=O) groups excluding carboxylic acids is 1. The highest BCUT2D eigenvalue weighted by molar-refractivity contribution is 5.74. The Labute approximate surface area is 148 Å². The summed E-state index contributed by atoms with van der Waals surface area (Å²) < 4.78 is 12.3. The average molecular weight is 338 g/mol. The molecule has 3 aliphatic heterocycles. The Morgan fingerprint density at radius 1 is 1.00 bits per heavy atom. The van der Waals surface area contributed by atoms with Gasteiger partial charge in [-0.3, -0.25) is 0 Å². The molecule has 25 heavy (non-hydrogen) atoms. The monoisotopic (exact) mass is 338 g/mol. The second-order valence-electron chi connectivity index (χ2n) is 7.46. The van der Waals surface area contributed by atoms with Gasteiger partial charge in [0.2, 0.25) is 0 Å². The lowest BCUT2D eigenvalue weighted by Gasteiger charge is -2.49. The van der Waals surface area contributed by atoms with E-state index in [0.717, 1.165) is 35.0 Å². The Bertz CT molecular complexity index is 751. The molecule has 0 amide bonds. The third-order valence-corrected chi connectivity index (χ3v) is 5.64. The molecule has 5 rings (SSSR count). The molecule has 4 nitrogen and oxygen atoms in total. The number of para-hydroxylation sites is 1. The van der Waals surface area contributed by atoms with Gasteiger partial charge in [-0.2, -0.15) is 0 Å². The standard InChI is InChI=1S/C21H24NO3/c1-22-13-11-17(12-14-22)20(15-22)25-21(23)24-19-10-6-5-9-18(19)16-7-3-2-4-8-16/h2-10,17,20H,11-15H2,1H3/q+1. The zero-order chi connectivity index (χ0) is 17.3. The number of likely N-dealkylation sites (N-methyl/N-ethyl adjacent to an activating group) is 1. The van der Waals surface area contributed by atoms with E-state index in [4.69, 9.17) is 9.47 Å². The van der Waals surface area contributed by atoms with Gasteiger partial charge in [-0.25, -0.2) is 4.79 Å². The summed E-state index contributed by atoms with van der Waals surface area (Å²) >= 11 is 0. The molecule has 3 saturated heterocycles. The molecule has 4 heteroatoms. The van der Waals surface area contributed by atoms with E-state index in [1.54, 1.807) is 0 Å². The Hall–Kier alpha value is -2.33. The Morgan fingerprint density at radius 3 is 2.40 bits per heavy atom. The van der Waals surface area contributed by atoms with Crippen molar-refractivity contribution < 1.29 is 18.8 Å². The lowest BCUT2D eigenvalue weighted by molar-refractivity contribution is -0.928. The fourth-order valence-corrected chi connectivity index (χ4v) is 4.13. The normalized spacial score (nSPS) is 27.7. The number of piperidine rings is 3. The fourth-order valence-electron chi connectivity index (χ4n) is 4.13. The van der Waals surface area contributed by atoms with Crippen molar-refractivity contribution in [3.8, 4) is 16.9 Å². The summed E-state index contributed by atoms with van der Waals surface area (Å²) in [5.41, 5.74) is 1.92. The molecular weight excluding hydrogens is 314 g/mol. The fraction of sp³-hybridized carbons (Fsp3) is 0.381. The molecule has 130 valence electrons. The van der Waals surface area contributed by atoms with Crippen molar-refractivity contribution in [3.05, 3.63) is 54.6 Å². The molecular formula is C21H24NO3+. The van der Waals surface area contributed by atoms with Crippen LogP contribution in [0, 0.1) is 5.92 Å². The smallest absolute Gasteiger partial charge is 0.424 e. The van der Waals surface area contributed by atoms with Gasteiger partial charge in [-0.15, -0.1) is 0 Å². The largest absolute Gasteiger partial charge is 0.514 e. The van der Waals surface area contributed by atoms with Gasteiger partial charge in [0, 0.05) is 24.3 Å². The van der Waals surface area contributed by atoms with Gasteiger partial charge in [0.25, 0.3) is 0 Å². The molecule has 2 aromatic rings. The molecule has 2 bridgehead atoms. The van der Waals surface area contributed by atoms with Crippen LogP contribution in [0.5, 0.6) is 5.75 Å². The Kier molecular flexibility index (Phi) is 4.22. The quantitative estimate of drug-likeness (QED) is 0.480. The highest BCUT2D eigenvalue weighted by Crippen LogP contribution is 2.35. The minimum absolute atomic E-state index is 0.0242. The van der Waals surface area contributed by atoms with E-state index in [0.29, 0.717) is 11.7 Å². The molecule has 0 radical (unpaired) electrons. The number of carbonyl (C=O) groups is 1. The summed E-state index contributed by atoms with van der Waals surface area (Å²) in [7, 11) is 2.25. The maximum absolute atomic E-state index is 12.4. The van der Waals surface area contributed by atoms with E-state index in [9.17, 15) is 4.79 Å². The topological polar surface area (TPSA) is 35.5 Å². The van der Waals surface area contributed by atoms with Crippen molar-refractivity contribution in [1.82, 2.24) is 0 Å². The zero-order valence-electron chi connectivity index (χ0n) is 14.6. The van der Waals surface area contributed by atoms with Crippen molar-refractivity contribution in [3.63, 3.8) is 0 Å². The number of benzene rings is 2. The van der Waals surface area contributed by atoms with Gasteiger partial charge in [0.15, 0.2) is 6.10 Å². The number of nitrogens with zero attached hydrogens (tertiary/aromatic N) is 1. The molecule has 0 saturated carbocycles. The maximum Gasteiger partial charge on any atom is 0.514 e. The number of hydrogen-bond acceptors (Lipinski definition) is 3. The maximum atomic E-state index is 12.4. The zero-order valence-corrected chi connectivity index (χ0v) is 14.6. The molecule has 0 aromatic heterocycles. The summed E-state index contributed by atoms with van der Waals surface area (Å²) in [4.78, 5) is 12.4. The lowest BCUT2D eigenvalue weighted by atomic mass is 9.84. The van der Waals surface area contributed by atoms with Crippen LogP contribution < -0.4 is 4.74 Å². The van der Waals surface area contributed by atoms with Gasteiger partial charge in [0.05, 0.1) is 20.1 Å². The highest BCUT2D eigenvalue weighted by Gasteiger charge is 2.45. The number of ether oxygens (including phenoxy) is 2. The third kappa shape index (κ3) is 3.40. The molecule has 1 unspecified atom stereocenters. The molecule has 0 aliphatic carbocycles. The first kappa shape index (κ1) is 16.2. The molecule has 0 spiro atoms. The first-order valence-electron chi connectivity index (χ1n) is 8.99. The summed E-state index contributed by atoms with van der Waals surface area (Å²) in [5, 5.41) is 0. The van der Waals surface area contributed by atoms with Crippen LogP contribution in [0.2, 0.25) is 0 Å². The van der Waals surface area contributed by atoms with Crippen LogP contribution in [0.15, 0.2) is 54.6 Å². The predicted octanol–water partition coefficient (Wildman–Crippen LogP) is 4.11. The van der Waals surface area contributed by atoms with Crippen LogP contribution in [-0.4, -0.2) is 43.4 Å². The van der Waals surface area contributed by atoms with E-state index in [-0.39, 0.29) is 6.10 Å². The SMILES string of the molecule is C[N+]12CCC(CC1)C(OC(=O)Oc1ccccc1-c1ccccc1)C2. The number of hydrogen-bond donors (Lipinski definition) is 0. The Morgan fingerprint density at radius 2 is 1.68 bits per heavy atom. The summed E-state index contributed by atoms with van der Waals surface area (Å²) in [6, 6.07) is 17.5. The summed E-state index contributed by atoms with van der Waals surface area (Å²) in [6.45, 7) is 3.28. The van der Waals surface area contributed by atoms with Crippen molar-refractivity contribution in [1.29, 1.82) is 0 Å². The predicted molar refractivity (Wildman–Crippen MR) is 96.3 cm³/mol. The number of fused-ring (bicyclic) bond motifs is 3. The summed E-state index contributed by atoms with van der Waals surface area (Å²) in [6.07, 6.45) is 1.65. The van der Waals surface area contributed by atoms with E-state index in [1.165, 1.54) is 13.1 Å². The van der Waals surface area contributed by atoms with Gasteiger partial charge < -0.3 is 14.0 Å². The number of rotatable bonds is 3. The van der Waals surface area contributed by atoms with E-state index in [1.807, 2.05) is 54.6 Å². The first-order chi connectivity index (χ1) is 12.1. The third-order valence-electron chi connectivity index (χ3n) is 5.64. The van der Waals surface area contributed by atoms with Gasteiger partial charge in [0.1, 0.15) is 12.3 Å². The van der Waals surface area contributed by atoms with Crippen LogP contribution in [0.3, 0.4) is 0 Å². The van der Waals surface area contributed by atoms with E-state index >= 15 is 0 Å². The van der Waals surface area contributed by atoms with Gasteiger partial charge >= 0.3 is 6.16 Å². The van der Waals surface area contributed by atoms with Crippen molar-refractivity contribution in [2.75, 3.05) is 26.7 Å². The van der Waals surface area contributed by atoms with Crippen molar-refractivity contribution in [2.45, 2.75) is 18.9 Å². The van der Waals surface area contributed by atoms with E-state index in [2.05, 4.69) is 7.05 Å². The van der Waals surface area contributed by atoms with Crippen LogP contribution in [-0.2, 0) is 4.74 Å². The van der Waals surface area contributed by atoms with Crippen molar-refractivity contribution in [2.24, 2.45) is 5.92 Å². The van der Waals surface area contributed by atoms with Gasteiger partial charge in [-0.05, 0) is 11.6 Å². The van der Waals surface area contributed by atoms with Crippen LogP contribution in [0.1, 0.15) is 12.8 Å². The lowest BCUT2D eigenvalue weighted by Crippen LogP contribution is -2.62. The highest BCUT2D eigenvalue weighted by atomic mass is 16.7. The molecule has 3 fully saturated rings. The molecule has 2 aromatic carbocycles. The van der Waals surface area contributed by atoms with Crippen LogP contribution >= 0.6 is 0 Å². The minimum Gasteiger partial charge on any atom is -0.424 e. The average Bonchev–Trinajstić information content (AvgIpc) is 2.63. The first-order valence-corrected chi connectivity index (χ1v) is 8.99.